The van der Waals surface area contributed by atoms with Crippen molar-refractivity contribution in [1.82, 2.24) is 0 Å². The Morgan fingerprint density at radius 1 is 1.31 bits per heavy atom. The van der Waals surface area contributed by atoms with Crippen molar-refractivity contribution in [2.45, 2.75) is 13.8 Å². The van der Waals surface area contributed by atoms with Gasteiger partial charge in [0.05, 0.1) is 0 Å². The van der Waals surface area contributed by atoms with Gasteiger partial charge in [0.25, 0.3) is 0 Å². The van der Waals surface area contributed by atoms with Gasteiger partial charge in [0.2, 0.25) is 6.79 Å². The van der Waals surface area contributed by atoms with Crippen molar-refractivity contribution in [3.8, 4) is 0 Å². The molecule has 1 aliphatic heterocycles. The van der Waals surface area contributed by atoms with E-state index in [1.54, 1.807) is 0 Å². The second kappa shape index (κ2) is 3.29. The van der Waals surface area contributed by atoms with Gasteiger partial charge in [-0.25, -0.2) is 0 Å². The van der Waals surface area contributed by atoms with Gasteiger partial charge in [0, 0.05) is 5.92 Å². The normalized spacial score (nSPS) is 25.6. The Morgan fingerprint density at radius 3 is 2.85 bits per heavy atom. The summed E-state index contributed by atoms with van der Waals surface area (Å²) in [7, 11) is 0. The summed E-state index contributed by atoms with van der Waals surface area (Å²) >= 11 is 0. The molecule has 0 aromatic heterocycles. The Morgan fingerprint density at radius 2 is 2.08 bits per heavy atom. The average molecular weight is 178 g/mol. The van der Waals surface area contributed by atoms with Crippen molar-refractivity contribution in [2.75, 3.05) is 6.79 Å². The lowest BCUT2D eigenvalue weighted by molar-refractivity contribution is 0.0971. The van der Waals surface area contributed by atoms with Crippen molar-refractivity contribution in [1.29, 1.82) is 0 Å². The van der Waals surface area contributed by atoms with Crippen LogP contribution >= 0.6 is 0 Å². The molecule has 0 amide bonds. The van der Waals surface area contributed by atoms with Crippen LogP contribution < -0.4 is 0 Å². The molecule has 1 aliphatic carbocycles. The van der Waals surface area contributed by atoms with E-state index in [1.807, 2.05) is 12.2 Å². The van der Waals surface area contributed by atoms with E-state index in [0.29, 0.717) is 18.6 Å². The monoisotopic (exact) mass is 178 g/mol. The van der Waals surface area contributed by atoms with Gasteiger partial charge in [-0.1, -0.05) is 26.0 Å². The highest BCUT2D eigenvalue weighted by molar-refractivity contribution is 5.31. The SMILES string of the molecule is CC(C)C1C=CC=C2OCOC2=C1. The first-order valence-corrected chi connectivity index (χ1v) is 4.63. The predicted octanol–water partition coefficient (Wildman–Crippen LogP) is 2.60. The second-order valence-electron chi connectivity index (χ2n) is 3.67. The van der Waals surface area contributed by atoms with E-state index < -0.39 is 0 Å². The zero-order chi connectivity index (χ0) is 9.26. The highest BCUT2D eigenvalue weighted by atomic mass is 16.7. The van der Waals surface area contributed by atoms with Gasteiger partial charge in [-0.2, -0.15) is 0 Å². The maximum Gasteiger partial charge on any atom is 0.231 e. The van der Waals surface area contributed by atoms with E-state index in [1.165, 1.54) is 0 Å². The molecule has 13 heavy (non-hydrogen) atoms. The minimum Gasteiger partial charge on any atom is -0.454 e. The van der Waals surface area contributed by atoms with E-state index in [2.05, 4.69) is 26.0 Å². The summed E-state index contributed by atoms with van der Waals surface area (Å²) in [4.78, 5) is 0. The van der Waals surface area contributed by atoms with Gasteiger partial charge in [0.1, 0.15) is 0 Å². The Bertz CT molecular complexity index is 284. The number of allylic oxidation sites excluding steroid dienone is 4. The molecule has 2 heteroatoms. The fourth-order valence-corrected chi connectivity index (χ4v) is 1.48. The number of hydrogen-bond donors (Lipinski definition) is 0. The second-order valence-corrected chi connectivity index (χ2v) is 3.67. The van der Waals surface area contributed by atoms with Crippen LogP contribution in [0.1, 0.15) is 13.8 Å². The minimum absolute atomic E-state index is 0.357. The largest absolute Gasteiger partial charge is 0.454 e. The summed E-state index contributed by atoms with van der Waals surface area (Å²) in [6.07, 6.45) is 8.31. The molecule has 0 radical (unpaired) electrons. The van der Waals surface area contributed by atoms with Crippen LogP contribution in [0.15, 0.2) is 35.8 Å². The molecule has 1 fully saturated rings. The molecule has 2 aliphatic rings. The standard InChI is InChI=1S/C11H14O2/c1-8(2)9-4-3-5-10-11(6-9)13-7-12-10/h3-6,8-9H,7H2,1-2H3. The molecule has 0 N–H and O–H groups in total. The van der Waals surface area contributed by atoms with Crippen LogP contribution in [-0.4, -0.2) is 6.79 Å². The molecule has 1 saturated heterocycles. The van der Waals surface area contributed by atoms with Gasteiger partial charge >= 0.3 is 0 Å². The van der Waals surface area contributed by atoms with Gasteiger partial charge in [-0.3, -0.25) is 0 Å². The molecular formula is C11H14O2. The Balaban J connectivity index is 2.26. The summed E-state index contributed by atoms with van der Waals surface area (Å²) in [5.41, 5.74) is 0. The number of rotatable bonds is 1. The fourth-order valence-electron chi connectivity index (χ4n) is 1.48. The topological polar surface area (TPSA) is 18.5 Å². The smallest absolute Gasteiger partial charge is 0.231 e. The van der Waals surface area contributed by atoms with Crippen LogP contribution in [0.25, 0.3) is 0 Å². The van der Waals surface area contributed by atoms with E-state index in [0.717, 1.165) is 11.5 Å². The molecule has 1 heterocycles. The minimum atomic E-state index is 0.357. The average Bonchev–Trinajstić information content (AvgIpc) is 2.42. The molecule has 2 rings (SSSR count). The molecule has 0 bridgehead atoms. The van der Waals surface area contributed by atoms with Crippen LogP contribution in [0.4, 0.5) is 0 Å². The van der Waals surface area contributed by atoms with Crippen molar-refractivity contribution in [3.63, 3.8) is 0 Å². The van der Waals surface area contributed by atoms with E-state index in [4.69, 9.17) is 9.47 Å². The lowest BCUT2D eigenvalue weighted by Gasteiger charge is -2.11. The van der Waals surface area contributed by atoms with Crippen LogP contribution in [0, 0.1) is 11.8 Å². The molecule has 1 atom stereocenters. The molecule has 0 aromatic rings. The predicted molar refractivity (Wildman–Crippen MR) is 50.7 cm³/mol. The van der Waals surface area contributed by atoms with E-state index in [-0.39, 0.29) is 0 Å². The van der Waals surface area contributed by atoms with Gasteiger partial charge in [0.15, 0.2) is 11.5 Å². The van der Waals surface area contributed by atoms with E-state index >= 15 is 0 Å². The quantitative estimate of drug-likeness (QED) is 0.614. The van der Waals surface area contributed by atoms with Crippen molar-refractivity contribution in [3.05, 3.63) is 35.8 Å². The van der Waals surface area contributed by atoms with Crippen molar-refractivity contribution < 1.29 is 9.47 Å². The maximum absolute atomic E-state index is 5.35. The van der Waals surface area contributed by atoms with Crippen LogP contribution in [0.5, 0.6) is 0 Å². The van der Waals surface area contributed by atoms with Gasteiger partial charge in [-0.05, 0) is 18.1 Å². The highest BCUT2D eigenvalue weighted by Gasteiger charge is 2.20. The first-order chi connectivity index (χ1) is 6.27. The van der Waals surface area contributed by atoms with Crippen LogP contribution in [-0.2, 0) is 9.47 Å². The zero-order valence-electron chi connectivity index (χ0n) is 7.99. The molecule has 70 valence electrons. The number of ether oxygens (including phenoxy) is 2. The summed E-state index contributed by atoms with van der Waals surface area (Å²) in [6.45, 7) is 4.76. The molecule has 2 nitrogen and oxygen atoms in total. The highest BCUT2D eigenvalue weighted by Crippen LogP contribution is 2.28. The third-order valence-corrected chi connectivity index (χ3v) is 2.37. The summed E-state index contributed by atoms with van der Waals surface area (Å²) in [5, 5.41) is 0. The van der Waals surface area contributed by atoms with Crippen molar-refractivity contribution in [2.24, 2.45) is 11.8 Å². The Kier molecular flexibility index (Phi) is 2.13. The summed E-state index contributed by atoms with van der Waals surface area (Å²) in [5.74, 6) is 2.80. The van der Waals surface area contributed by atoms with Gasteiger partial charge < -0.3 is 9.47 Å². The van der Waals surface area contributed by atoms with E-state index in [9.17, 15) is 0 Å². The molecule has 0 saturated carbocycles. The molecule has 1 unspecified atom stereocenters. The van der Waals surface area contributed by atoms with Crippen LogP contribution in [0.3, 0.4) is 0 Å². The third kappa shape index (κ3) is 1.62. The Hall–Kier alpha value is -1.18. The van der Waals surface area contributed by atoms with Crippen LogP contribution in [0.2, 0.25) is 0 Å². The molecule has 0 aromatic carbocycles. The Labute approximate surface area is 78.5 Å². The summed E-state index contributed by atoms with van der Waals surface area (Å²) < 4.78 is 10.6. The first-order valence-electron chi connectivity index (χ1n) is 4.63. The first kappa shape index (κ1) is 8.42. The maximum atomic E-state index is 5.35. The third-order valence-electron chi connectivity index (χ3n) is 2.37. The van der Waals surface area contributed by atoms with Gasteiger partial charge in [-0.15, -0.1) is 0 Å². The lowest BCUT2D eigenvalue weighted by Crippen LogP contribution is -2.02. The molecule has 0 spiro atoms. The fraction of sp³-hybridized carbons (Fsp3) is 0.455. The lowest BCUT2D eigenvalue weighted by atomic mass is 9.95. The number of hydrogen-bond acceptors (Lipinski definition) is 2. The molecular weight excluding hydrogens is 164 g/mol. The zero-order valence-corrected chi connectivity index (χ0v) is 7.99. The summed E-state index contributed by atoms with van der Waals surface area (Å²) in [6, 6.07) is 0. The number of fused-ring (bicyclic) bond motifs is 1. The van der Waals surface area contributed by atoms with Crippen molar-refractivity contribution >= 4 is 0 Å².